The molecule has 4 nitrogen and oxygen atoms in total. The number of thiazole rings is 1. The van der Waals surface area contributed by atoms with Crippen molar-refractivity contribution in [3.8, 4) is 16.9 Å². The molecule has 0 radical (unpaired) electrons. The summed E-state index contributed by atoms with van der Waals surface area (Å²) in [7, 11) is -3.65. The lowest BCUT2D eigenvalue weighted by Crippen LogP contribution is -2.12. The lowest BCUT2D eigenvalue weighted by molar-refractivity contribution is 0.571. The first-order valence-corrected chi connectivity index (χ1v) is 11.2. The van der Waals surface area contributed by atoms with E-state index in [2.05, 4.69) is 31.9 Å². The van der Waals surface area contributed by atoms with Gasteiger partial charge in [-0.25, -0.2) is 12.8 Å². The van der Waals surface area contributed by atoms with Gasteiger partial charge in [0, 0.05) is 26.1 Å². The topological polar surface area (TPSA) is 56.1 Å². The van der Waals surface area contributed by atoms with E-state index >= 15 is 0 Å². The molecule has 1 aromatic heterocycles. The molecule has 0 aliphatic carbocycles. The van der Waals surface area contributed by atoms with Crippen molar-refractivity contribution in [2.45, 2.75) is 4.90 Å². The highest BCUT2D eigenvalue weighted by Gasteiger charge is 2.17. The molecule has 0 saturated carbocycles. The third-order valence-corrected chi connectivity index (χ3v) is 7.22. The smallest absolute Gasteiger partial charge is 0.267 e. The average molecular weight is 507 g/mol. The maximum atomic E-state index is 14.2. The van der Waals surface area contributed by atoms with E-state index in [0.717, 1.165) is 32.6 Å². The molecule has 0 bridgehead atoms. The van der Waals surface area contributed by atoms with Crippen LogP contribution in [0.25, 0.3) is 16.9 Å². The van der Waals surface area contributed by atoms with Gasteiger partial charge in [-0.15, -0.1) is 0 Å². The molecule has 0 amide bonds. The number of hydrogen-bond acceptors (Lipinski definition) is 4. The highest BCUT2D eigenvalue weighted by Crippen LogP contribution is 2.30. The molecule has 0 N–H and O–H groups in total. The molecule has 0 aliphatic heterocycles. The van der Waals surface area contributed by atoms with Gasteiger partial charge in [-0.3, -0.25) is 9.36 Å². The monoisotopic (exact) mass is 505 g/mol. The van der Waals surface area contributed by atoms with Crippen LogP contribution in [-0.4, -0.2) is 19.2 Å². The summed E-state index contributed by atoms with van der Waals surface area (Å²) in [4.78, 5) is 11.7. The van der Waals surface area contributed by atoms with Crippen LogP contribution in [0, 0.1) is 5.82 Å². The minimum absolute atomic E-state index is 0.225. The fourth-order valence-electron chi connectivity index (χ4n) is 2.34. The van der Waals surface area contributed by atoms with E-state index in [1.165, 1.54) is 16.7 Å². The van der Waals surface area contributed by atoms with Crippen LogP contribution < -0.4 is 4.87 Å². The molecule has 0 atom stereocenters. The Hall–Kier alpha value is -1.29. The summed E-state index contributed by atoms with van der Waals surface area (Å²) in [6, 6.07) is 9.15. The minimum atomic E-state index is -3.65. The first kappa shape index (κ1) is 18.5. The number of nitrogens with zero attached hydrogens (tertiary/aromatic N) is 1. The Morgan fingerprint density at radius 1 is 1.08 bits per heavy atom. The van der Waals surface area contributed by atoms with Crippen molar-refractivity contribution in [2.24, 2.45) is 0 Å². The second-order valence-electron chi connectivity index (χ2n) is 5.24. The predicted molar refractivity (Wildman–Crippen MR) is 104 cm³/mol. The summed E-state index contributed by atoms with van der Waals surface area (Å²) in [5.41, 5.74) is 1.52. The lowest BCUT2D eigenvalue weighted by Gasteiger charge is -2.10. The number of aromatic nitrogens is 1. The van der Waals surface area contributed by atoms with Gasteiger partial charge in [-0.05, 0) is 62.2 Å². The molecular weight excluding hydrogens is 497 g/mol. The van der Waals surface area contributed by atoms with Crippen molar-refractivity contribution in [1.29, 1.82) is 0 Å². The van der Waals surface area contributed by atoms with Gasteiger partial charge in [0.2, 0.25) is 0 Å². The zero-order valence-corrected chi connectivity index (χ0v) is 17.5. The molecular formula is C16H10Br2FNO3S2. The summed E-state index contributed by atoms with van der Waals surface area (Å²) in [6.07, 6.45) is 0.949. The Labute approximate surface area is 164 Å². The number of halogens is 3. The van der Waals surface area contributed by atoms with Crippen molar-refractivity contribution >= 4 is 53.0 Å². The van der Waals surface area contributed by atoms with Crippen molar-refractivity contribution in [3.05, 3.63) is 66.2 Å². The second kappa shape index (κ2) is 6.79. The number of hydrogen-bond donors (Lipinski definition) is 0. The fourth-order valence-corrected chi connectivity index (χ4v) is 4.44. The van der Waals surface area contributed by atoms with Crippen molar-refractivity contribution in [3.63, 3.8) is 0 Å². The van der Waals surface area contributed by atoms with Gasteiger partial charge in [0.25, 0.3) is 0 Å². The van der Waals surface area contributed by atoms with Gasteiger partial charge in [0.15, 0.2) is 9.84 Å². The molecule has 3 rings (SSSR count). The summed E-state index contributed by atoms with van der Waals surface area (Å²) in [5, 5.41) is 1.62. The van der Waals surface area contributed by atoms with Crippen LogP contribution in [0.15, 0.2) is 60.4 Å². The highest BCUT2D eigenvalue weighted by atomic mass is 79.9. The quantitative estimate of drug-likeness (QED) is 0.520. The highest BCUT2D eigenvalue weighted by molar-refractivity contribution is 9.13. The maximum Gasteiger partial charge on any atom is 0.312 e. The van der Waals surface area contributed by atoms with Gasteiger partial charge in [0.05, 0.1) is 11.4 Å². The first-order valence-electron chi connectivity index (χ1n) is 6.84. The van der Waals surface area contributed by atoms with Gasteiger partial charge in [-0.1, -0.05) is 17.4 Å². The second-order valence-corrected chi connectivity index (χ2v) is 9.75. The van der Waals surface area contributed by atoms with Gasteiger partial charge < -0.3 is 0 Å². The molecule has 9 heteroatoms. The summed E-state index contributed by atoms with van der Waals surface area (Å²) < 4.78 is 40.4. The minimum Gasteiger partial charge on any atom is -0.267 e. The van der Waals surface area contributed by atoms with Crippen LogP contribution in [0.5, 0.6) is 0 Å². The normalized spacial score (nSPS) is 11.7. The van der Waals surface area contributed by atoms with E-state index in [1.54, 1.807) is 23.6 Å². The fraction of sp³-hybridized carbons (Fsp3) is 0.0625. The van der Waals surface area contributed by atoms with E-state index in [0.29, 0.717) is 16.9 Å². The SMILES string of the molecule is CS(=O)(=O)c1ccc(-c2csc(=O)n2-c2ccc(Br)c(Br)c2)cc1F. The molecule has 0 unspecified atom stereocenters. The van der Waals surface area contributed by atoms with Gasteiger partial charge in [0.1, 0.15) is 10.7 Å². The Morgan fingerprint density at radius 3 is 2.40 bits per heavy atom. The van der Waals surface area contributed by atoms with E-state index in [4.69, 9.17) is 0 Å². The van der Waals surface area contributed by atoms with Gasteiger partial charge in [-0.2, -0.15) is 0 Å². The van der Waals surface area contributed by atoms with Crippen LogP contribution in [0.3, 0.4) is 0 Å². The first-order chi connectivity index (χ1) is 11.7. The third kappa shape index (κ3) is 3.64. The van der Waals surface area contributed by atoms with Crippen LogP contribution in [0.2, 0.25) is 0 Å². The zero-order valence-electron chi connectivity index (χ0n) is 12.7. The van der Waals surface area contributed by atoms with Crippen LogP contribution in [0.4, 0.5) is 4.39 Å². The molecule has 0 spiro atoms. The van der Waals surface area contributed by atoms with E-state index in [9.17, 15) is 17.6 Å². The zero-order chi connectivity index (χ0) is 18.4. The standard InChI is InChI=1S/C16H10Br2FNO3S2/c1-25(22,23)15-5-2-9(6-13(15)19)14-8-24-16(21)20(14)10-3-4-11(17)12(18)7-10/h2-8H,1H3. The molecule has 1 heterocycles. The molecule has 0 saturated heterocycles. The van der Waals surface area contributed by atoms with Crippen molar-refractivity contribution in [2.75, 3.05) is 6.26 Å². The van der Waals surface area contributed by atoms with Crippen molar-refractivity contribution in [1.82, 2.24) is 4.57 Å². The molecule has 0 aliphatic rings. The molecule has 0 fully saturated rings. The number of benzene rings is 2. The molecule has 130 valence electrons. The Bertz CT molecular complexity index is 1140. The molecule has 25 heavy (non-hydrogen) atoms. The number of rotatable bonds is 3. The Morgan fingerprint density at radius 2 is 1.80 bits per heavy atom. The van der Waals surface area contributed by atoms with Gasteiger partial charge >= 0.3 is 4.87 Å². The number of sulfone groups is 1. The lowest BCUT2D eigenvalue weighted by atomic mass is 10.1. The molecule has 3 aromatic rings. The van der Waals surface area contributed by atoms with E-state index in [1.807, 2.05) is 0 Å². The van der Waals surface area contributed by atoms with E-state index < -0.39 is 15.7 Å². The Kier molecular flexibility index (Phi) is 5.02. The maximum absolute atomic E-state index is 14.2. The van der Waals surface area contributed by atoms with Crippen LogP contribution >= 0.6 is 43.2 Å². The Balaban J connectivity index is 2.19. The van der Waals surface area contributed by atoms with Crippen LogP contribution in [0.1, 0.15) is 0 Å². The van der Waals surface area contributed by atoms with E-state index in [-0.39, 0.29) is 9.77 Å². The van der Waals surface area contributed by atoms with Crippen molar-refractivity contribution < 1.29 is 12.8 Å². The van der Waals surface area contributed by atoms with Crippen LogP contribution in [-0.2, 0) is 9.84 Å². The summed E-state index contributed by atoms with van der Waals surface area (Å²) in [6.45, 7) is 0. The summed E-state index contributed by atoms with van der Waals surface area (Å²) in [5.74, 6) is -0.845. The third-order valence-electron chi connectivity index (χ3n) is 3.48. The molecule has 2 aromatic carbocycles. The summed E-state index contributed by atoms with van der Waals surface area (Å²) >= 11 is 7.75. The largest absolute Gasteiger partial charge is 0.312 e. The average Bonchev–Trinajstić information content (AvgIpc) is 2.90. The predicted octanol–water partition coefficient (Wildman–Crippen LogP) is 4.63.